The average molecular weight is 395 g/mol. The van der Waals surface area contributed by atoms with Gasteiger partial charge in [-0.15, -0.1) is 0 Å². The highest BCUT2D eigenvalue weighted by Gasteiger charge is 2.15. The zero-order valence-corrected chi connectivity index (χ0v) is 15.9. The first kappa shape index (κ1) is 20.6. The molecule has 1 heterocycles. The monoisotopic (exact) mass is 394 g/mol. The molecule has 8 heteroatoms. The molecule has 1 aromatic carbocycles. The van der Waals surface area contributed by atoms with Gasteiger partial charge >= 0.3 is 0 Å². The Morgan fingerprint density at radius 2 is 1.93 bits per heavy atom. The molecule has 0 aliphatic rings. The third-order valence-electron chi connectivity index (χ3n) is 3.51. The molecule has 8 N–H and O–H groups in total. The van der Waals surface area contributed by atoms with Gasteiger partial charge in [-0.3, -0.25) is 4.79 Å². The van der Waals surface area contributed by atoms with Crippen molar-refractivity contribution < 1.29 is 4.79 Å². The quantitative estimate of drug-likeness (QED) is 0.462. The summed E-state index contributed by atoms with van der Waals surface area (Å²) in [5.74, 6) is 5.74. The lowest BCUT2D eigenvalue weighted by Gasteiger charge is -2.10. The van der Waals surface area contributed by atoms with Gasteiger partial charge in [0.15, 0.2) is 0 Å². The van der Waals surface area contributed by atoms with E-state index >= 15 is 0 Å². The van der Waals surface area contributed by atoms with Crippen LogP contribution in [0.5, 0.6) is 0 Å². The Kier molecular flexibility index (Phi) is 6.42. The average Bonchev–Trinajstić information content (AvgIpc) is 2.61. The number of halogens is 1. The number of benzene rings is 1. The Labute approximate surface area is 167 Å². The zero-order chi connectivity index (χ0) is 20.8. The van der Waals surface area contributed by atoms with Gasteiger partial charge in [-0.1, -0.05) is 36.1 Å². The van der Waals surface area contributed by atoms with E-state index in [1.165, 1.54) is 6.07 Å². The van der Waals surface area contributed by atoms with Crippen molar-refractivity contribution in [2.24, 2.45) is 22.2 Å². The molecule has 2 rings (SSSR count). The van der Waals surface area contributed by atoms with E-state index in [0.717, 1.165) is 0 Å². The molecular weight excluding hydrogens is 376 g/mol. The first-order valence-electron chi connectivity index (χ1n) is 8.02. The lowest BCUT2D eigenvalue weighted by molar-refractivity contribution is 0.100. The summed E-state index contributed by atoms with van der Waals surface area (Å²) in [6, 6.07) is 8.04. The van der Waals surface area contributed by atoms with Crippen molar-refractivity contribution in [3.8, 4) is 11.8 Å². The van der Waals surface area contributed by atoms with Crippen molar-refractivity contribution in [1.29, 1.82) is 0 Å². The van der Waals surface area contributed by atoms with Crippen LogP contribution in [0.1, 0.15) is 28.4 Å². The van der Waals surface area contributed by atoms with Crippen LogP contribution in [-0.4, -0.2) is 16.6 Å². The van der Waals surface area contributed by atoms with Crippen LogP contribution in [0.4, 0.5) is 5.82 Å². The smallest absolute Gasteiger partial charge is 0.250 e. The number of amides is 1. The molecule has 0 spiro atoms. The number of carbonyl (C=O) groups is 1. The molecule has 0 unspecified atom stereocenters. The van der Waals surface area contributed by atoms with Gasteiger partial charge < -0.3 is 22.9 Å². The largest absolute Gasteiger partial charge is 0.401 e. The summed E-state index contributed by atoms with van der Waals surface area (Å²) >= 11 is 6.16. The van der Waals surface area contributed by atoms with Crippen LogP contribution >= 0.6 is 11.6 Å². The fraction of sp³-hybridized carbons (Fsp3) is 0.0500. The van der Waals surface area contributed by atoms with Crippen LogP contribution in [0.2, 0.25) is 5.02 Å². The fourth-order valence-corrected chi connectivity index (χ4v) is 2.50. The Hall–Kier alpha value is -3.76. The highest BCUT2D eigenvalue weighted by molar-refractivity contribution is 6.34. The molecule has 0 radical (unpaired) electrons. The lowest BCUT2D eigenvalue weighted by Crippen LogP contribution is -2.14. The summed E-state index contributed by atoms with van der Waals surface area (Å²) in [4.78, 5) is 19.7. The van der Waals surface area contributed by atoms with Gasteiger partial charge in [-0.2, -0.15) is 0 Å². The van der Waals surface area contributed by atoms with Gasteiger partial charge in [0.2, 0.25) is 5.91 Å². The Bertz CT molecular complexity index is 1050. The maximum Gasteiger partial charge on any atom is 0.250 e. The number of allylic oxidation sites excluding steroid dienone is 2. The fourth-order valence-electron chi connectivity index (χ4n) is 2.23. The molecular formula is C20H19ClN6O. The van der Waals surface area contributed by atoms with Gasteiger partial charge in [0, 0.05) is 23.0 Å². The van der Waals surface area contributed by atoms with Crippen LogP contribution in [0, 0.1) is 11.8 Å². The molecule has 142 valence electrons. The lowest BCUT2D eigenvalue weighted by atomic mass is 9.99. The number of hydrogen-bond donors (Lipinski definition) is 4. The number of nitrogens with two attached hydrogens (primary N) is 4. The molecule has 28 heavy (non-hydrogen) atoms. The summed E-state index contributed by atoms with van der Waals surface area (Å²) < 4.78 is 0. The molecule has 2 aromatic rings. The van der Waals surface area contributed by atoms with E-state index < -0.39 is 5.91 Å². The molecule has 0 aliphatic carbocycles. The van der Waals surface area contributed by atoms with Crippen molar-refractivity contribution in [1.82, 2.24) is 4.98 Å². The van der Waals surface area contributed by atoms with Crippen molar-refractivity contribution in [2.75, 3.05) is 5.73 Å². The van der Waals surface area contributed by atoms with Crippen molar-refractivity contribution in [3.05, 3.63) is 81.9 Å². The number of aliphatic imine (C=N–C) groups is 1. The molecule has 7 nitrogen and oxygen atoms in total. The van der Waals surface area contributed by atoms with E-state index in [1.807, 2.05) is 0 Å². The zero-order valence-electron chi connectivity index (χ0n) is 15.2. The minimum Gasteiger partial charge on any atom is -0.401 e. The minimum atomic E-state index is -0.639. The predicted octanol–water partition coefficient (Wildman–Crippen LogP) is 1.92. The summed E-state index contributed by atoms with van der Waals surface area (Å²) in [7, 11) is 0. The van der Waals surface area contributed by atoms with Gasteiger partial charge in [0.25, 0.3) is 0 Å². The third kappa shape index (κ3) is 5.13. The Morgan fingerprint density at radius 3 is 2.43 bits per heavy atom. The van der Waals surface area contributed by atoms with E-state index in [1.54, 1.807) is 37.4 Å². The number of nitrogens with zero attached hydrogens (tertiary/aromatic N) is 2. The summed E-state index contributed by atoms with van der Waals surface area (Å²) in [6.07, 6.45) is 1.54. The number of pyridine rings is 1. The van der Waals surface area contributed by atoms with E-state index in [-0.39, 0.29) is 16.4 Å². The standard InChI is InChI=1S/C20H19ClN6O/c1-11(22)15(6-3-13-4-8-18(24)26-10-13)19(27-12(2)23)14-5-7-16(20(25)28)17(21)9-14/h4-5,7-10H,2,22-23H2,1H3,(H2,24,26)(H2,25,28)/b15-11-,27-19?. The van der Waals surface area contributed by atoms with Crippen LogP contribution in [0.15, 0.2) is 65.2 Å². The van der Waals surface area contributed by atoms with E-state index in [4.69, 9.17) is 34.5 Å². The number of aromatic nitrogens is 1. The number of hydrogen-bond acceptors (Lipinski definition) is 6. The number of carbonyl (C=O) groups excluding carboxylic acids is 1. The number of rotatable bonds is 4. The van der Waals surface area contributed by atoms with Gasteiger partial charge in [0.05, 0.1) is 21.9 Å². The summed E-state index contributed by atoms with van der Waals surface area (Å²) in [6.45, 7) is 5.29. The molecule has 1 amide bonds. The molecule has 0 saturated heterocycles. The normalized spacial score (nSPS) is 11.9. The Balaban J connectivity index is 2.58. The molecule has 0 aliphatic heterocycles. The summed E-state index contributed by atoms with van der Waals surface area (Å²) in [5, 5.41) is 0.171. The maximum atomic E-state index is 11.4. The van der Waals surface area contributed by atoms with Gasteiger partial charge in [-0.05, 0) is 31.2 Å². The van der Waals surface area contributed by atoms with Crippen molar-refractivity contribution >= 4 is 29.0 Å². The minimum absolute atomic E-state index is 0.0554. The van der Waals surface area contributed by atoms with E-state index in [0.29, 0.717) is 33.9 Å². The SMILES string of the molecule is C=C(N)N=C(/C(C#Cc1ccc(N)nc1)=C(/C)N)c1ccc(C(N)=O)c(Cl)c1. The highest BCUT2D eigenvalue weighted by Crippen LogP contribution is 2.21. The van der Waals surface area contributed by atoms with Gasteiger partial charge in [0.1, 0.15) is 11.6 Å². The van der Waals surface area contributed by atoms with Crippen LogP contribution in [-0.2, 0) is 0 Å². The van der Waals surface area contributed by atoms with E-state index in [2.05, 4.69) is 28.4 Å². The second-order valence-corrected chi connectivity index (χ2v) is 6.20. The Morgan fingerprint density at radius 1 is 1.21 bits per heavy atom. The third-order valence-corrected chi connectivity index (χ3v) is 3.83. The van der Waals surface area contributed by atoms with Gasteiger partial charge in [-0.25, -0.2) is 9.98 Å². The maximum absolute atomic E-state index is 11.4. The second kappa shape index (κ2) is 8.75. The van der Waals surface area contributed by atoms with Crippen LogP contribution in [0.3, 0.4) is 0 Å². The molecule has 0 atom stereocenters. The van der Waals surface area contributed by atoms with Crippen molar-refractivity contribution in [3.63, 3.8) is 0 Å². The first-order chi connectivity index (χ1) is 13.2. The molecule has 0 bridgehead atoms. The molecule has 1 aromatic heterocycles. The van der Waals surface area contributed by atoms with Crippen molar-refractivity contribution in [2.45, 2.75) is 6.92 Å². The predicted molar refractivity (Wildman–Crippen MR) is 112 cm³/mol. The second-order valence-electron chi connectivity index (χ2n) is 5.79. The number of primary amides is 1. The van der Waals surface area contributed by atoms with Crippen LogP contribution < -0.4 is 22.9 Å². The topological polar surface area (TPSA) is 146 Å². The first-order valence-corrected chi connectivity index (χ1v) is 8.40. The van der Waals surface area contributed by atoms with Crippen LogP contribution in [0.25, 0.3) is 0 Å². The highest BCUT2D eigenvalue weighted by atomic mass is 35.5. The molecule has 0 saturated carbocycles. The van der Waals surface area contributed by atoms with E-state index in [9.17, 15) is 4.79 Å². The number of anilines is 1. The number of nitrogen functional groups attached to an aromatic ring is 1. The molecule has 0 fully saturated rings. The summed E-state index contributed by atoms with van der Waals surface area (Å²) in [5.41, 5.74) is 25.2.